The van der Waals surface area contributed by atoms with E-state index in [1.165, 1.54) is 35.3 Å². The summed E-state index contributed by atoms with van der Waals surface area (Å²) in [6.45, 7) is 1.83. The molecule has 0 bridgehead atoms. The number of halogens is 3. The lowest BCUT2D eigenvalue weighted by molar-refractivity contribution is -0.274. The van der Waals surface area contributed by atoms with Crippen LogP contribution in [0.4, 0.5) is 23.7 Å². The molecule has 0 saturated carbocycles. The molecule has 0 spiro atoms. The number of hydrogen-bond donors (Lipinski definition) is 1. The number of carbonyl (C=O) groups is 1. The van der Waals surface area contributed by atoms with Crippen LogP contribution in [0, 0.1) is 0 Å². The van der Waals surface area contributed by atoms with E-state index in [0.717, 1.165) is 5.56 Å². The highest BCUT2D eigenvalue weighted by Crippen LogP contribution is 2.24. The Morgan fingerprint density at radius 2 is 1.69 bits per heavy atom. The predicted molar refractivity (Wildman–Crippen MR) is 123 cm³/mol. The van der Waals surface area contributed by atoms with Crippen LogP contribution in [0.3, 0.4) is 0 Å². The normalized spacial score (nSPS) is 12.1. The fourth-order valence-electron chi connectivity index (χ4n) is 3.34. The Morgan fingerprint density at radius 3 is 2.34 bits per heavy atom. The summed E-state index contributed by atoms with van der Waals surface area (Å²) in [5, 5.41) is 7.05. The predicted octanol–water partition coefficient (Wildman–Crippen LogP) is 6.01. The van der Waals surface area contributed by atoms with E-state index in [1.807, 2.05) is 37.3 Å². The molecule has 180 valence electrons. The largest absolute Gasteiger partial charge is 0.573 e. The molecule has 0 fully saturated rings. The lowest BCUT2D eigenvalue weighted by Gasteiger charge is -2.14. The number of amides is 1. The van der Waals surface area contributed by atoms with Gasteiger partial charge in [0.25, 0.3) is 0 Å². The van der Waals surface area contributed by atoms with Crippen molar-refractivity contribution in [2.75, 3.05) is 5.32 Å². The molecule has 1 atom stereocenters. The van der Waals surface area contributed by atoms with Crippen molar-refractivity contribution < 1.29 is 27.4 Å². The number of nitrogens with one attached hydrogen (secondary N) is 1. The number of rotatable bonds is 7. The second-order valence-corrected chi connectivity index (χ2v) is 7.66. The van der Waals surface area contributed by atoms with Gasteiger partial charge in [-0.2, -0.15) is 0 Å². The molecule has 3 aromatic carbocycles. The first-order chi connectivity index (χ1) is 16.7. The van der Waals surface area contributed by atoms with Crippen molar-refractivity contribution in [2.45, 2.75) is 25.8 Å². The van der Waals surface area contributed by atoms with Crippen LogP contribution in [0.2, 0.25) is 0 Å². The number of benzene rings is 3. The zero-order valence-electron chi connectivity index (χ0n) is 18.6. The molecule has 10 heteroatoms. The summed E-state index contributed by atoms with van der Waals surface area (Å²) in [6, 6.07) is 21.9. The minimum Gasteiger partial charge on any atom is -0.446 e. The van der Waals surface area contributed by atoms with Crippen LogP contribution in [0.15, 0.2) is 85.2 Å². The number of aromatic nitrogens is 3. The molecule has 35 heavy (non-hydrogen) atoms. The highest BCUT2D eigenvalue weighted by Gasteiger charge is 2.31. The van der Waals surface area contributed by atoms with E-state index in [0.29, 0.717) is 29.2 Å². The summed E-state index contributed by atoms with van der Waals surface area (Å²) in [5.41, 5.74) is 2.83. The van der Waals surface area contributed by atoms with Crippen LogP contribution in [0.25, 0.3) is 17.1 Å². The molecule has 0 saturated heterocycles. The van der Waals surface area contributed by atoms with E-state index >= 15 is 0 Å². The van der Waals surface area contributed by atoms with Crippen LogP contribution in [-0.2, 0) is 11.2 Å². The molecule has 0 aliphatic rings. The number of anilines is 1. The maximum absolute atomic E-state index is 12.3. The van der Waals surface area contributed by atoms with Gasteiger partial charge < -0.3 is 9.47 Å². The van der Waals surface area contributed by atoms with Gasteiger partial charge in [0.15, 0.2) is 5.82 Å². The fraction of sp³-hybridized carbons (Fsp3) is 0.160. The minimum atomic E-state index is -4.75. The van der Waals surface area contributed by atoms with Gasteiger partial charge in [-0.3, -0.25) is 5.32 Å². The third-order valence-electron chi connectivity index (χ3n) is 4.89. The van der Waals surface area contributed by atoms with E-state index in [1.54, 1.807) is 24.3 Å². The number of ether oxygens (including phenoxy) is 2. The molecule has 0 aliphatic carbocycles. The van der Waals surface area contributed by atoms with Gasteiger partial charge in [0.2, 0.25) is 0 Å². The van der Waals surface area contributed by atoms with Gasteiger partial charge in [0, 0.05) is 17.7 Å². The van der Waals surface area contributed by atoms with Gasteiger partial charge in [-0.25, -0.2) is 14.5 Å². The van der Waals surface area contributed by atoms with Crippen molar-refractivity contribution in [3.05, 3.63) is 90.8 Å². The van der Waals surface area contributed by atoms with Crippen LogP contribution in [0.1, 0.15) is 12.5 Å². The molecule has 0 radical (unpaired) electrons. The molecule has 7 nitrogen and oxygen atoms in total. The molecule has 1 unspecified atom stereocenters. The van der Waals surface area contributed by atoms with Crippen molar-refractivity contribution in [2.24, 2.45) is 0 Å². The van der Waals surface area contributed by atoms with Gasteiger partial charge in [-0.1, -0.05) is 30.3 Å². The lowest BCUT2D eigenvalue weighted by Crippen LogP contribution is -2.21. The monoisotopic (exact) mass is 482 g/mol. The first-order valence-corrected chi connectivity index (χ1v) is 10.6. The summed E-state index contributed by atoms with van der Waals surface area (Å²) >= 11 is 0. The Morgan fingerprint density at radius 1 is 1.00 bits per heavy atom. The third-order valence-corrected chi connectivity index (χ3v) is 4.89. The topological polar surface area (TPSA) is 78.3 Å². The number of carbonyl (C=O) groups excluding carboxylic acids is 1. The Labute approximate surface area is 199 Å². The molecule has 1 N–H and O–H groups in total. The van der Waals surface area contributed by atoms with Crippen LogP contribution in [0.5, 0.6) is 5.75 Å². The van der Waals surface area contributed by atoms with Crippen LogP contribution >= 0.6 is 0 Å². The fourth-order valence-corrected chi connectivity index (χ4v) is 3.34. The summed E-state index contributed by atoms with van der Waals surface area (Å²) in [4.78, 5) is 16.4. The SMILES string of the molecule is CC(Cc1ccccc1)OC(=O)Nc1ccc(-c2ncn(-c3ccc(OC(F)(F)F)cc3)n2)cc1. The lowest BCUT2D eigenvalue weighted by atomic mass is 10.1. The van der Waals surface area contributed by atoms with E-state index in [4.69, 9.17) is 4.74 Å². The first kappa shape index (κ1) is 23.8. The maximum atomic E-state index is 12.3. The molecule has 4 rings (SSSR count). The zero-order chi connectivity index (χ0) is 24.8. The second kappa shape index (κ2) is 10.3. The van der Waals surface area contributed by atoms with E-state index < -0.39 is 12.5 Å². The Bertz CT molecular complexity index is 1260. The molecule has 0 aliphatic heterocycles. The molecule has 4 aromatic rings. The number of hydrogen-bond acceptors (Lipinski definition) is 5. The second-order valence-electron chi connectivity index (χ2n) is 7.66. The van der Waals surface area contributed by atoms with Gasteiger partial charge in [0.1, 0.15) is 18.2 Å². The van der Waals surface area contributed by atoms with Gasteiger partial charge in [0.05, 0.1) is 5.69 Å². The van der Waals surface area contributed by atoms with Crippen LogP contribution < -0.4 is 10.1 Å². The average molecular weight is 482 g/mol. The number of alkyl halides is 3. The molecule has 1 heterocycles. The third kappa shape index (κ3) is 6.83. The number of nitrogens with zero attached hydrogens (tertiary/aromatic N) is 3. The standard InChI is InChI=1S/C25H21F3N4O3/c1-17(15-18-5-3-2-4-6-18)34-24(33)30-20-9-7-19(8-10-20)23-29-16-32(31-23)21-11-13-22(14-12-21)35-25(26,27)28/h2-14,16-17H,15H2,1H3,(H,30,33). The van der Waals surface area contributed by atoms with Gasteiger partial charge in [-0.05, 0) is 61.0 Å². The molecule has 1 aromatic heterocycles. The highest BCUT2D eigenvalue weighted by molar-refractivity contribution is 5.85. The minimum absolute atomic E-state index is 0.293. The summed E-state index contributed by atoms with van der Waals surface area (Å²) in [7, 11) is 0. The molecular weight excluding hydrogens is 461 g/mol. The van der Waals surface area contributed by atoms with Gasteiger partial charge in [-0.15, -0.1) is 18.3 Å². The highest BCUT2D eigenvalue weighted by atomic mass is 19.4. The van der Waals surface area contributed by atoms with E-state index in [9.17, 15) is 18.0 Å². The maximum Gasteiger partial charge on any atom is 0.573 e. The Hall–Kier alpha value is -4.34. The van der Waals surface area contributed by atoms with Crippen molar-refractivity contribution in [1.29, 1.82) is 0 Å². The first-order valence-electron chi connectivity index (χ1n) is 10.6. The van der Waals surface area contributed by atoms with Crippen LogP contribution in [-0.4, -0.2) is 33.3 Å². The Kier molecular flexibility index (Phi) is 7.00. The van der Waals surface area contributed by atoms with E-state index in [2.05, 4.69) is 20.1 Å². The van der Waals surface area contributed by atoms with E-state index in [-0.39, 0.29) is 11.9 Å². The van der Waals surface area contributed by atoms with Crippen molar-refractivity contribution in [3.8, 4) is 22.8 Å². The van der Waals surface area contributed by atoms with Crippen molar-refractivity contribution in [1.82, 2.24) is 14.8 Å². The molecular formula is C25H21F3N4O3. The summed E-state index contributed by atoms with van der Waals surface area (Å²) < 4.78 is 47.6. The Balaban J connectivity index is 1.34. The molecule has 1 amide bonds. The van der Waals surface area contributed by atoms with Crippen molar-refractivity contribution >= 4 is 11.8 Å². The average Bonchev–Trinajstić information content (AvgIpc) is 3.30. The van der Waals surface area contributed by atoms with Crippen molar-refractivity contribution in [3.63, 3.8) is 0 Å². The summed E-state index contributed by atoms with van der Waals surface area (Å²) in [6.07, 6.45) is -3.53. The smallest absolute Gasteiger partial charge is 0.446 e. The van der Waals surface area contributed by atoms with Gasteiger partial charge >= 0.3 is 12.5 Å². The quantitative estimate of drug-likeness (QED) is 0.349. The zero-order valence-corrected chi connectivity index (χ0v) is 18.6. The summed E-state index contributed by atoms with van der Waals surface area (Å²) in [5.74, 6) is 0.0869.